The Balaban J connectivity index is 1.43. The molecule has 1 saturated heterocycles. The van der Waals surface area contributed by atoms with Crippen LogP contribution in [0, 0.1) is 0 Å². The number of benzene rings is 1. The second-order valence-electron chi connectivity index (χ2n) is 6.44. The van der Waals surface area contributed by atoms with E-state index < -0.39 is 0 Å². The molecule has 2 amide bonds. The van der Waals surface area contributed by atoms with Gasteiger partial charge in [0.25, 0.3) is 0 Å². The minimum absolute atomic E-state index is 0.282. The van der Waals surface area contributed by atoms with Crippen LogP contribution >= 0.6 is 0 Å². The number of hydrogen-bond acceptors (Lipinski definition) is 3. The van der Waals surface area contributed by atoms with Crippen molar-refractivity contribution in [3.8, 4) is 5.69 Å². The van der Waals surface area contributed by atoms with Crippen LogP contribution in [-0.4, -0.2) is 50.5 Å². The van der Waals surface area contributed by atoms with E-state index in [0.29, 0.717) is 19.6 Å². The third kappa shape index (κ3) is 2.68. The molecule has 2 aliphatic rings. The highest BCUT2D eigenvalue weighted by molar-refractivity contribution is 6.35. The molecule has 2 aromatic rings. The SMILES string of the molecule is O=C1C(=O)N(C2CCC2)CCN1Cc1cnn(-c2ccccc2)c1. The van der Waals surface area contributed by atoms with E-state index in [2.05, 4.69) is 5.10 Å². The maximum atomic E-state index is 12.4. The molecule has 24 heavy (non-hydrogen) atoms. The summed E-state index contributed by atoms with van der Waals surface area (Å²) in [6.45, 7) is 1.66. The van der Waals surface area contributed by atoms with Crippen LogP contribution in [0.15, 0.2) is 42.7 Å². The molecule has 0 atom stereocenters. The number of carbonyl (C=O) groups is 2. The van der Waals surface area contributed by atoms with Gasteiger partial charge in [0.05, 0.1) is 11.9 Å². The monoisotopic (exact) mass is 324 g/mol. The normalized spacial score (nSPS) is 18.8. The second-order valence-corrected chi connectivity index (χ2v) is 6.44. The Morgan fingerprint density at radius 3 is 2.54 bits per heavy atom. The summed E-state index contributed by atoms with van der Waals surface area (Å²) < 4.78 is 1.78. The van der Waals surface area contributed by atoms with Crippen LogP contribution in [0.25, 0.3) is 5.69 Å². The lowest BCUT2D eigenvalue weighted by atomic mass is 9.91. The van der Waals surface area contributed by atoms with Gasteiger partial charge in [0, 0.05) is 37.4 Å². The summed E-state index contributed by atoms with van der Waals surface area (Å²) in [5, 5.41) is 4.34. The number of nitrogens with zero attached hydrogens (tertiary/aromatic N) is 4. The van der Waals surface area contributed by atoms with Crippen molar-refractivity contribution in [2.75, 3.05) is 13.1 Å². The Hall–Kier alpha value is -2.63. The fourth-order valence-electron chi connectivity index (χ4n) is 3.27. The van der Waals surface area contributed by atoms with Gasteiger partial charge in [-0.3, -0.25) is 9.59 Å². The zero-order valence-corrected chi connectivity index (χ0v) is 13.5. The van der Waals surface area contributed by atoms with E-state index in [9.17, 15) is 9.59 Å². The van der Waals surface area contributed by atoms with Crippen LogP contribution in [-0.2, 0) is 16.1 Å². The molecular weight excluding hydrogens is 304 g/mol. The van der Waals surface area contributed by atoms with Crippen molar-refractivity contribution in [2.24, 2.45) is 0 Å². The molecule has 1 aromatic heterocycles. The van der Waals surface area contributed by atoms with Crippen molar-refractivity contribution in [3.05, 3.63) is 48.3 Å². The van der Waals surface area contributed by atoms with Crippen molar-refractivity contribution < 1.29 is 9.59 Å². The third-order valence-electron chi connectivity index (χ3n) is 4.89. The molecule has 1 aromatic carbocycles. The Morgan fingerprint density at radius 1 is 1.04 bits per heavy atom. The maximum Gasteiger partial charge on any atom is 0.312 e. The minimum Gasteiger partial charge on any atom is -0.330 e. The highest BCUT2D eigenvalue weighted by atomic mass is 16.2. The number of hydrogen-bond donors (Lipinski definition) is 0. The van der Waals surface area contributed by atoms with E-state index in [-0.39, 0.29) is 17.9 Å². The highest BCUT2D eigenvalue weighted by Gasteiger charge is 2.38. The summed E-state index contributed by atoms with van der Waals surface area (Å²) in [5.41, 5.74) is 1.90. The van der Waals surface area contributed by atoms with Gasteiger partial charge in [0.15, 0.2) is 0 Å². The van der Waals surface area contributed by atoms with Crippen LogP contribution < -0.4 is 0 Å². The van der Waals surface area contributed by atoms with Crippen molar-refractivity contribution in [2.45, 2.75) is 31.8 Å². The molecule has 1 aliphatic heterocycles. The standard InChI is InChI=1S/C18H20N4O2/c23-17-18(24)21(15-7-4-8-15)10-9-20(17)12-14-11-19-22(13-14)16-5-2-1-3-6-16/h1-3,5-6,11,13,15H,4,7-10,12H2. The van der Waals surface area contributed by atoms with Gasteiger partial charge in [0.1, 0.15) is 0 Å². The van der Waals surface area contributed by atoms with E-state index >= 15 is 0 Å². The van der Waals surface area contributed by atoms with Gasteiger partial charge in [-0.25, -0.2) is 4.68 Å². The van der Waals surface area contributed by atoms with Gasteiger partial charge in [-0.1, -0.05) is 18.2 Å². The zero-order chi connectivity index (χ0) is 16.5. The van der Waals surface area contributed by atoms with Crippen LogP contribution in [0.4, 0.5) is 0 Å². The summed E-state index contributed by atoms with van der Waals surface area (Å²) in [6.07, 6.45) is 6.88. The number of para-hydroxylation sites is 1. The Kier molecular flexibility index (Phi) is 3.80. The van der Waals surface area contributed by atoms with Crippen molar-refractivity contribution >= 4 is 11.8 Å². The zero-order valence-electron chi connectivity index (χ0n) is 13.5. The summed E-state index contributed by atoms with van der Waals surface area (Å²) in [6, 6.07) is 10.1. The summed E-state index contributed by atoms with van der Waals surface area (Å²) >= 11 is 0. The van der Waals surface area contributed by atoms with Gasteiger partial charge in [0.2, 0.25) is 0 Å². The average molecular weight is 324 g/mol. The van der Waals surface area contributed by atoms with Crippen molar-refractivity contribution in [1.82, 2.24) is 19.6 Å². The quantitative estimate of drug-likeness (QED) is 0.803. The van der Waals surface area contributed by atoms with Gasteiger partial charge < -0.3 is 9.80 Å². The second kappa shape index (κ2) is 6.11. The van der Waals surface area contributed by atoms with Crippen molar-refractivity contribution in [3.63, 3.8) is 0 Å². The number of carbonyl (C=O) groups excluding carboxylic acids is 2. The van der Waals surface area contributed by atoms with Crippen LogP contribution in [0.1, 0.15) is 24.8 Å². The molecule has 124 valence electrons. The Bertz CT molecular complexity index is 751. The Morgan fingerprint density at radius 2 is 1.83 bits per heavy atom. The van der Waals surface area contributed by atoms with E-state index in [1.165, 1.54) is 0 Å². The first-order valence-corrected chi connectivity index (χ1v) is 8.41. The third-order valence-corrected chi connectivity index (χ3v) is 4.89. The molecule has 6 nitrogen and oxygen atoms in total. The first kappa shape index (κ1) is 14.9. The van der Waals surface area contributed by atoms with E-state index in [1.54, 1.807) is 20.7 Å². The number of amides is 2. The molecule has 2 fully saturated rings. The van der Waals surface area contributed by atoms with Gasteiger partial charge >= 0.3 is 11.8 Å². The van der Waals surface area contributed by atoms with Crippen LogP contribution in [0.5, 0.6) is 0 Å². The summed E-state index contributed by atoms with van der Waals surface area (Å²) in [4.78, 5) is 28.1. The van der Waals surface area contributed by atoms with Crippen LogP contribution in [0.2, 0.25) is 0 Å². The smallest absolute Gasteiger partial charge is 0.312 e. The molecule has 1 aliphatic carbocycles. The molecule has 0 radical (unpaired) electrons. The number of rotatable bonds is 4. The first-order valence-electron chi connectivity index (χ1n) is 8.41. The lowest BCUT2D eigenvalue weighted by Crippen LogP contribution is -2.58. The topological polar surface area (TPSA) is 58.4 Å². The van der Waals surface area contributed by atoms with Crippen LogP contribution in [0.3, 0.4) is 0 Å². The van der Waals surface area contributed by atoms with E-state index in [0.717, 1.165) is 30.5 Å². The Labute approximate surface area is 140 Å². The lowest BCUT2D eigenvalue weighted by Gasteiger charge is -2.42. The molecule has 0 N–H and O–H groups in total. The van der Waals surface area contributed by atoms with E-state index in [4.69, 9.17) is 0 Å². The summed E-state index contributed by atoms with van der Waals surface area (Å²) in [5.74, 6) is -0.734. The fraction of sp³-hybridized carbons (Fsp3) is 0.389. The molecule has 6 heteroatoms. The average Bonchev–Trinajstić information content (AvgIpc) is 3.02. The molecular formula is C18H20N4O2. The number of piperazine rings is 1. The molecule has 2 heterocycles. The lowest BCUT2D eigenvalue weighted by molar-refractivity contribution is -0.159. The van der Waals surface area contributed by atoms with Gasteiger partial charge in [-0.2, -0.15) is 5.10 Å². The molecule has 1 saturated carbocycles. The number of aromatic nitrogens is 2. The fourth-order valence-corrected chi connectivity index (χ4v) is 3.27. The van der Waals surface area contributed by atoms with Gasteiger partial charge in [-0.15, -0.1) is 0 Å². The minimum atomic E-state index is -0.388. The predicted octanol–water partition coefficient (Wildman–Crippen LogP) is 1.60. The van der Waals surface area contributed by atoms with Gasteiger partial charge in [-0.05, 0) is 31.4 Å². The largest absolute Gasteiger partial charge is 0.330 e. The van der Waals surface area contributed by atoms with Crippen molar-refractivity contribution in [1.29, 1.82) is 0 Å². The predicted molar refractivity (Wildman–Crippen MR) is 88.3 cm³/mol. The highest BCUT2D eigenvalue weighted by Crippen LogP contribution is 2.26. The summed E-state index contributed by atoms with van der Waals surface area (Å²) in [7, 11) is 0. The molecule has 0 spiro atoms. The van der Waals surface area contributed by atoms with E-state index in [1.807, 2.05) is 36.5 Å². The maximum absolute atomic E-state index is 12.4. The molecule has 0 unspecified atom stereocenters. The molecule has 4 rings (SSSR count). The molecule has 0 bridgehead atoms. The first-order chi connectivity index (χ1) is 11.7.